The molecule has 114 valence electrons. The summed E-state index contributed by atoms with van der Waals surface area (Å²) >= 11 is 4.21. The van der Waals surface area contributed by atoms with E-state index in [2.05, 4.69) is 52.7 Å². The minimum atomic E-state index is 0. The molecule has 1 N–H and O–H groups in total. The number of rotatable bonds is 8. The average molecular weight is 352 g/mol. The zero-order chi connectivity index (χ0) is 13.6. The molecule has 0 radical (unpaired) electrons. The summed E-state index contributed by atoms with van der Waals surface area (Å²) in [6.07, 6.45) is 12.9. The minimum Gasteiger partial charge on any atom is -1.00 e. The van der Waals surface area contributed by atoms with Gasteiger partial charge in [-0.3, -0.25) is 0 Å². The molecular weight excluding hydrogens is 322 g/mol. The van der Waals surface area contributed by atoms with E-state index in [0.717, 1.165) is 18.8 Å². The maximum Gasteiger partial charge on any atom is 0.243 e. The van der Waals surface area contributed by atoms with Crippen LogP contribution in [0.4, 0.5) is 0 Å². The van der Waals surface area contributed by atoms with E-state index in [0.29, 0.717) is 0 Å². The van der Waals surface area contributed by atoms with Gasteiger partial charge in [0.2, 0.25) is 6.33 Å². The molecule has 1 aromatic heterocycles. The van der Waals surface area contributed by atoms with E-state index >= 15 is 0 Å². The molecule has 0 saturated carbocycles. The third-order valence-corrected chi connectivity index (χ3v) is 2.87. The van der Waals surface area contributed by atoms with Gasteiger partial charge >= 0.3 is 0 Å². The van der Waals surface area contributed by atoms with Crippen LogP contribution in [0.1, 0.15) is 39.0 Å². The number of hydrogen-bond acceptors (Lipinski definition) is 2. The van der Waals surface area contributed by atoms with Crippen LogP contribution in [0.2, 0.25) is 0 Å². The van der Waals surface area contributed by atoms with Crippen LogP contribution in [0, 0.1) is 0 Å². The SMILES string of the molecule is CCC[n+]1ccn(CCCCCCS)c1.CNC.[Br-]. The first kappa shape index (κ1) is 21.3. The molecule has 1 heterocycles. The highest BCUT2D eigenvalue weighted by molar-refractivity contribution is 7.80. The molecule has 0 aromatic carbocycles. The van der Waals surface area contributed by atoms with Crippen molar-refractivity contribution >= 4 is 12.6 Å². The summed E-state index contributed by atoms with van der Waals surface area (Å²) in [5.41, 5.74) is 0. The zero-order valence-electron chi connectivity index (χ0n) is 12.6. The molecule has 1 aromatic rings. The summed E-state index contributed by atoms with van der Waals surface area (Å²) in [5, 5.41) is 2.75. The van der Waals surface area contributed by atoms with Crippen molar-refractivity contribution in [2.45, 2.75) is 52.1 Å². The Labute approximate surface area is 135 Å². The molecule has 0 unspecified atom stereocenters. The van der Waals surface area contributed by atoms with Crippen molar-refractivity contribution in [3.63, 3.8) is 0 Å². The maximum atomic E-state index is 4.21. The van der Waals surface area contributed by atoms with Crippen LogP contribution in [0.5, 0.6) is 0 Å². The molecule has 5 heteroatoms. The van der Waals surface area contributed by atoms with Crippen LogP contribution in [-0.4, -0.2) is 24.4 Å². The molecule has 0 atom stereocenters. The van der Waals surface area contributed by atoms with Crippen LogP contribution in [0.15, 0.2) is 18.7 Å². The summed E-state index contributed by atoms with van der Waals surface area (Å²) in [5.74, 6) is 1.03. The number of aromatic nitrogens is 2. The maximum absolute atomic E-state index is 4.21. The van der Waals surface area contributed by atoms with E-state index in [4.69, 9.17) is 0 Å². The molecule has 0 spiro atoms. The Bertz CT molecular complexity index is 279. The Morgan fingerprint density at radius 3 is 2.37 bits per heavy atom. The number of hydrogen-bond donors (Lipinski definition) is 2. The first-order valence-corrected chi connectivity index (χ1v) is 7.65. The molecule has 19 heavy (non-hydrogen) atoms. The fraction of sp³-hybridized carbons (Fsp3) is 0.786. The molecule has 0 bridgehead atoms. The topological polar surface area (TPSA) is 20.8 Å². The molecule has 0 fully saturated rings. The molecular formula is C14H30BrN3S. The Kier molecular flexibility index (Phi) is 18.0. The van der Waals surface area contributed by atoms with Crippen molar-refractivity contribution in [1.82, 2.24) is 9.88 Å². The van der Waals surface area contributed by atoms with E-state index in [1.165, 1.54) is 32.1 Å². The predicted octanol–water partition coefficient (Wildman–Crippen LogP) is -0.485. The monoisotopic (exact) mass is 351 g/mol. The van der Waals surface area contributed by atoms with Gasteiger partial charge in [0.15, 0.2) is 0 Å². The Hall–Kier alpha value is -0.0000000000000000555. The second-order valence-corrected chi connectivity index (χ2v) is 4.97. The van der Waals surface area contributed by atoms with E-state index in [9.17, 15) is 0 Å². The van der Waals surface area contributed by atoms with Crippen molar-refractivity contribution in [3.8, 4) is 0 Å². The van der Waals surface area contributed by atoms with Gasteiger partial charge in [0.25, 0.3) is 0 Å². The van der Waals surface area contributed by atoms with Crippen LogP contribution in [-0.2, 0) is 13.1 Å². The summed E-state index contributed by atoms with van der Waals surface area (Å²) in [4.78, 5) is 0. The predicted molar refractivity (Wildman–Crippen MR) is 82.2 cm³/mol. The van der Waals surface area contributed by atoms with Gasteiger partial charge in [-0.05, 0) is 45.5 Å². The standard InChI is InChI=1S/C12H22N2S.C2H7N.BrH/c1-2-7-13-9-10-14(12-13)8-5-3-4-6-11-15;1-3-2;/h9-10,12H,2-8,11H2,1H3;3H,1-2H3;1H. The smallest absolute Gasteiger partial charge is 0.243 e. The third-order valence-electron chi connectivity index (χ3n) is 2.55. The van der Waals surface area contributed by atoms with Gasteiger partial charge in [0, 0.05) is 0 Å². The summed E-state index contributed by atoms with van der Waals surface area (Å²) in [7, 11) is 3.75. The molecule has 1 rings (SSSR count). The Morgan fingerprint density at radius 1 is 1.16 bits per heavy atom. The molecule has 0 amide bonds. The minimum absolute atomic E-state index is 0. The van der Waals surface area contributed by atoms with Crippen molar-refractivity contribution < 1.29 is 21.5 Å². The van der Waals surface area contributed by atoms with Crippen LogP contribution in [0.3, 0.4) is 0 Å². The number of halogens is 1. The van der Waals surface area contributed by atoms with Gasteiger partial charge in [-0.1, -0.05) is 13.3 Å². The number of aryl methyl sites for hydroxylation is 2. The normalized spacial score (nSPS) is 9.47. The molecule has 0 aliphatic heterocycles. The highest BCUT2D eigenvalue weighted by Crippen LogP contribution is 2.02. The van der Waals surface area contributed by atoms with Gasteiger partial charge < -0.3 is 22.3 Å². The highest BCUT2D eigenvalue weighted by Gasteiger charge is 2.01. The molecule has 0 aliphatic carbocycles. The van der Waals surface area contributed by atoms with E-state index in [1.807, 2.05) is 14.1 Å². The zero-order valence-corrected chi connectivity index (χ0v) is 15.1. The van der Waals surface area contributed by atoms with E-state index in [-0.39, 0.29) is 17.0 Å². The van der Waals surface area contributed by atoms with Gasteiger partial charge in [0.05, 0.1) is 13.1 Å². The summed E-state index contributed by atoms with van der Waals surface area (Å²) < 4.78 is 4.55. The van der Waals surface area contributed by atoms with Crippen molar-refractivity contribution in [1.29, 1.82) is 0 Å². The first-order valence-electron chi connectivity index (χ1n) is 7.02. The Morgan fingerprint density at radius 2 is 1.79 bits per heavy atom. The van der Waals surface area contributed by atoms with Crippen molar-refractivity contribution in [3.05, 3.63) is 18.7 Å². The highest BCUT2D eigenvalue weighted by atomic mass is 79.9. The second kappa shape index (κ2) is 16.1. The van der Waals surface area contributed by atoms with Crippen molar-refractivity contribution in [2.24, 2.45) is 0 Å². The van der Waals surface area contributed by atoms with Gasteiger partial charge in [-0.25, -0.2) is 9.13 Å². The van der Waals surface area contributed by atoms with E-state index < -0.39 is 0 Å². The van der Waals surface area contributed by atoms with Crippen molar-refractivity contribution in [2.75, 3.05) is 19.8 Å². The quantitative estimate of drug-likeness (QED) is 0.368. The largest absolute Gasteiger partial charge is 1.00 e. The van der Waals surface area contributed by atoms with Gasteiger partial charge in [-0.2, -0.15) is 12.6 Å². The van der Waals surface area contributed by atoms with Crippen LogP contribution < -0.4 is 26.9 Å². The van der Waals surface area contributed by atoms with E-state index in [1.54, 1.807) is 0 Å². The number of nitrogens with one attached hydrogen (secondary N) is 1. The van der Waals surface area contributed by atoms with Crippen LogP contribution >= 0.6 is 12.6 Å². The first-order chi connectivity index (χ1) is 8.78. The Balaban J connectivity index is 0. The fourth-order valence-electron chi connectivity index (χ4n) is 1.72. The number of unbranched alkanes of at least 4 members (excludes halogenated alkanes) is 3. The lowest BCUT2D eigenvalue weighted by Gasteiger charge is -1.97. The molecule has 0 aliphatic rings. The second-order valence-electron chi connectivity index (χ2n) is 4.53. The van der Waals surface area contributed by atoms with Crippen LogP contribution in [0.25, 0.3) is 0 Å². The molecule has 3 nitrogen and oxygen atoms in total. The lowest BCUT2D eigenvalue weighted by Crippen LogP contribution is -3.00. The average Bonchev–Trinajstić information content (AvgIpc) is 2.78. The number of thiol groups is 1. The fourth-order valence-corrected chi connectivity index (χ4v) is 1.94. The number of imidazole rings is 1. The van der Waals surface area contributed by atoms with Gasteiger partial charge in [0.1, 0.15) is 12.4 Å². The lowest BCUT2D eigenvalue weighted by atomic mass is 10.2. The lowest BCUT2D eigenvalue weighted by molar-refractivity contribution is -0.696. The third kappa shape index (κ3) is 12.8. The van der Waals surface area contributed by atoms with Gasteiger partial charge in [-0.15, -0.1) is 0 Å². The summed E-state index contributed by atoms with van der Waals surface area (Å²) in [6.45, 7) is 4.50. The summed E-state index contributed by atoms with van der Waals surface area (Å²) in [6, 6.07) is 0. The molecule has 0 saturated heterocycles. The number of nitrogens with zero attached hydrogens (tertiary/aromatic N) is 2.